The van der Waals surface area contributed by atoms with Gasteiger partial charge in [-0.15, -0.1) is 10.2 Å². The molecule has 11 nitrogen and oxygen atoms in total. The summed E-state index contributed by atoms with van der Waals surface area (Å²) in [5.74, 6) is 1.10. The standard InChI is InChI=1S/C27H24Cl2N10O/c1-14-10-15(2)23(16(3)11-14)32-21-8-9-22(34-33-21)38-27(40)24(17(4)37-38)35-36-26-18(12-30)13-31-39(26)25-19(28)6-5-7-20(25)29/h5-11,13,35-37H,1-4H3,(H,32,33). The second-order valence-electron chi connectivity index (χ2n) is 9.18. The van der Waals surface area contributed by atoms with E-state index in [9.17, 15) is 10.1 Å². The summed E-state index contributed by atoms with van der Waals surface area (Å²) in [6, 6.07) is 14.7. The molecule has 0 saturated heterocycles. The van der Waals surface area contributed by atoms with Crippen LogP contribution in [0.2, 0.25) is 10.0 Å². The van der Waals surface area contributed by atoms with Gasteiger partial charge < -0.3 is 5.32 Å². The molecule has 0 saturated carbocycles. The van der Waals surface area contributed by atoms with Gasteiger partial charge >= 0.3 is 0 Å². The van der Waals surface area contributed by atoms with Crippen LogP contribution >= 0.6 is 23.2 Å². The molecule has 40 heavy (non-hydrogen) atoms. The van der Waals surface area contributed by atoms with Gasteiger partial charge in [0.2, 0.25) is 0 Å². The van der Waals surface area contributed by atoms with E-state index in [1.165, 1.54) is 21.1 Å². The number of nitriles is 1. The Balaban J connectivity index is 1.40. The molecule has 0 aliphatic heterocycles. The van der Waals surface area contributed by atoms with Gasteiger partial charge in [-0.2, -0.15) is 15.0 Å². The van der Waals surface area contributed by atoms with Crippen molar-refractivity contribution in [2.24, 2.45) is 0 Å². The van der Waals surface area contributed by atoms with Gasteiger partial charge in [-0.25, -0.2) is 4.68 Å². The van der Waals surface area contributed by atoms with E-state index in [0.29, 0.717) is 33.1 Å². The van der Waals surface area contributed by atoms with E-state index in [1.807, 2.05) is 13.8 Å². The molecule has 0 amide bonds. The first-order chi connectivity index (χ1) is 19.2. The molecule has 0 fully saturated rings. The minimum Gasteiger partial charge on any atom is -0.338 e. The average Bonchev–Trinajstić information content (AvgIpc) is 3.44. The fraction of sp³-hybridized carbons (Fsp3) is 0.148. The predicted octanol–water partition coefficient (Wildman–Crippen LogP) is 5.74. The molecule has 0 atom stereocenters. The number of para-hydroxylation sites is 1. The van der Waals surface area contributed by atoms with E-state index in [0.717, 1.165) is 16.8 Å². The number of benzene rings is 2. The zero-order chi connectivity index (χ0) is 28.6. The fourth-order valence-electron chi connectivity index (χ4n) is 4.40. The topological polar surface area (TPSA) is 141 Å². The summed E-state index contributed by atoms with van der Waals surface area (Å²) in [6.45, 7) is 7.84. The Labute approximate surface area is 239 Å². The van der Waals surface area contributed by atoms with Crippen LogP contribution in [0.5, 0.6) is 0 Å². The molecular weight excluding hydrogens is 551 g/mol. The number of hydrogen-bond acceptors (Lipinski definition) is 8. The van der Waals surface area contributed by atoms with Crippen molar-refractivity contribution in [3.05, 3.63) is 97.0 Å². The van der Waals surface area contributed by atoms with E-state index in [4.69, 9.17) is 23.2 Å². The van der Waals surface area contributed by atoms with Crippen molar-refractivity contribution >= 4 is 46.2 Å². The van der Waals surface area contributed by atoms with Crippen LogP contribution < -0.4 is 21.7 Å². The highest BCUT2D eigenvalue weighted by atomic mass is 35.5. The lowest BCUT2D eigenvalue weighted by atomic mass is 10.1. The maximum atomic E-state index is 13.3. The largest absolute Gasteiger partial charge is 0.338 e. The van der Waals surface area contributed by atoms with E-state index < -0.39 is 5.56 Å². The van der Waals surface area contributed by atoms with Crippen LogP contribution in [0.3, 0.4) is 0 Å². The number of anilines is 4. The molecule has 13 heteroatoms. The molecule has 5 rings (SSSR count). The Morgan fingerprint density at radius 3 is 2.27 bits per heavy atom. The Morgan fingerprint density at radius 1 is 0.950 bits per heavy atom. The van der Waals surface area contributed by atoms with Crippen LogP contribution in [0.15, 0.2) is 53.5 Å². The van der Waals surface area contributed by atoms with Crippen molar-refractivity contribution in [3.8, 4) is 17.6 Å². The molecule has 0 aliphatic carbocycles. The maximum absolute atomic E-state index is 13.3. The number of hydrogen-bond donors (Lipinski definition) is 4. The molecule has 3 heterocycles. The lowest BCUT2D eigenvalue weighted by Crippen LogP contribution is -2.22. The third-order valence-corrected chi connectivity index (χ3v) is 6.84. The molecule has 5 aromatic rings. The van der Waals surface area contributed by atoms with Crippen LogP contribution in [-0.2, 0) is 0 Å². The fourth-order valence-corrected chi connectivity index (χ4v) is 4.96. The first kappa shape index (κ1) is 26.8. The lowest BCUT2D eigenvalue weighted by molar-refractivity contribution is 0.783. The van der Waals surface area contributed by atoms with Gasteiger partial charge in [0.1, 0.15) is 23.0 Å². The molecule has 0 aliphatic rings. The second kappa shape index (κ2) is 10.8. The summed E-state index contributed by atoms with van der Waals surface area (Å²) in [7, 11) is 0. The van der Waals surface area contributed by atoms with Gasteiger partial charge in [0.15, 0.2) is 17.5 Å². The minimum absolute atomic E-state index is 0.205. The van der Waals surface area contributed by atoms with Gasteiger partial charge in [0.05, 0.1) is 21.9 Å². The SMILES string of the molecule is Cc1cc(C)c(Nc2ccc(-n3[nH]c(C)c(NNc4c(C#N)cnn4-c4c(Cl)cccc4Cl)c3=O)nn2)c(C)c1. The van der Waals surface area contributed by atoms with Gasteiger partial charge in [-0.1, -0.05) is 47.0 Å². The molecular formula is C27H24Cl2N10O. The quantitative estimate of drug-likeness (QED) is 0.180. The summed E-state index contributed by atoms with van der Waals surface area (Å²) in [5.41, 5.74) is 11.1. The maximum Gasteiger partial charge on any atom is 0.298 e. The predicted molar refractivity (Wildman–Crippen MR) is 156 cm³/mol. The van der Waals surface area contributed by atoms with Gasteiger partial charge in [-0.05, 0) is 63.1 Å². The van der Waals surface area contributed by atoms with Crippen molar-refractivity contribution < 1.29 is 0 Å². The van der Waals surface area contributed by atoms with Crippen LogP contribution in [0.25, 0.3) is 11.5 Å². The first-order valence-electron chi connectivity index (χ1n) is 12.1. The molecule has 0 spiro atoms. The number of rotatable bonds is 7. The zero-order valence-corrected chi connectivity index (χ0v) is 23.5. The van der Waals surface area contributed by atoms with Crippen LogP contribution in [0.4, 0.5) is 23.0 Å². The Bertz CT molecular complexity index is 1790. The highest BCUT2D eigenvalue weighted by Gasteiger charge is 2.19. The molecule has 202 valence electrons. The number of hydrazine groups is 1. The summed E-state index contributed by atoms with van der Waals surface area (Å²) < 4.78 is 2.66. The summed E-state index contributed by atoms with van der Waals surface area (Å²) in [5, 5.41) is 29.3. The molecule has 0 unspecified atom stereocenters. The number of aromatic nitrogens is 6. The third-order valence-electron chi connectivity index (χ3n) is 6.23. The molecule has 4 N–H and O–H groups in total. The second-order valence-corrected chi connectivity index (χ2v) is 9.99. The number of H-pyrrole nitrogens is 1. The Kier molecular flexibility index (Phi) is 7.21. The Hall–Kier alpha value is -4.79. The van der Waals surface area contributed by atoms with E-state index >= 15 is 0 Å². The van der Waals surface area contributed by atoms with Gasteiger partial charge in [-0.3, -0.25) is 20.7 Å². The zero-order valence-electron chi connectivity index (χ0n) is 22.0. The number of nitrogens with one attached hydrogen (secondary N) is 4. The molecule has 0 bridgehead atoms. The highest BCUT2D eigenvalue weighted by molar-refractivity contribution is 6.37. The van der Waals surface area contributed by atoms with Crippen molar-refractivity contribution in [1.29, 1.82) is 5.26 Å². The van der Waals surface area contributed by atoms with Crippen molar-refractivity contribution in [1.82, 2.24) is 29.8 Å². The van der Waals surface area contributed by atoms with Crippen LogP contribution in [-0.4, -0.2) is 29.8 Å². The molecule has 0 radical (unpaired) electrons. The number of halogens is 2. The highest BCUT2D eigenvalue weighted by Crippen LogP contribution is 2.31. The monoisotopic (exact) mass is 574 g/mol. The smallest absolute Gasteiger partial charge is 0.298 e. The third kappa shape index (κ3) is 4.98. The van der Waals surface area contributed by atoms with Crippen molar-refractivity contribution in [3.63, 3.8) is 0 Å². The average molecular weight is 575 g/mol. The number of aryl methyl sites for hydroxylation is 4. The van der Waals surface area contributed by atoms with Crippen LogP contribution in [0, 0.1) is 39.0 Å². The number of nitrogens with zero attached hydrogens (tertiary/aromatic N) is 6. The van der Waals surface area contributed by atoms with E-state index in [2.05, 4.69) is 61.7 Å². The van der Waals surface area contributed by atoms with E-state index in [-0.39, 0.29) is 17.1 Å². The lowest BCUT2D eigenvalue weighted by Gasteiger charge is -2.13. The normalized spacial score (nSPS) is 10.8. The minimum atomic E-state index is -0.411. The van der Waals surface area contributed by atoms with Crippen molar-refractivity contribution in [2.45, 2.75) is 27.7 Å². The first-order valence-corrected chi connectivity index (χ1v) is 12.9. The summed E-state index contributed by atoms with van der Waals surface area (Å²) in [4.78, 5) is 13.3. The Morgan fingerprint density at radius 2 is 1.65 bits per heavy atom. The van der Waals surface area contributed by atoms with Crippen molar-refractivity contribution in [2.75, 3.05) is 16.2 Å². The summed E-state index contributed by atoms with van der Waals surface area (Å²) >= 11 is 12.7. The van der Waals surface area contributed by atoms with Gasteiger partial charge in [0, 0.05) is 5.69 Å². The van der Waals surface area contributed by atoms with Crippen LogP contribution in [0.1, 0.15) is 27.9 Å². The van der Waals surface area contributed by atoms with E-state index in [1.54, 1.807) is 37.3 Å². The summed E-state index contributed by atoms with van der Waals surface area (Å²) in [6.07, 6.45) is 1.37. The molecule has 2 aromatic carbocycles. The van der Waals surface area contributed by atoms with Gasteiger partial charge in [0.25, 0.3) is 5.56 Å². The molecule has 3 aromatic heterocycles. The number of aromatic amines is 1.